The van der Waals surface area contributed by atoms with Crippen LogP contribution in [0.4, 0.5) is 0 Å². The van der Waals surface area contributed by atoms with Crippen molar-refractivity contribution in [3.63, 3.8) is 0 Å². The summed E-state index contributed by atoms with van der Waals surface area (Å²) in [6, 6.07) is 31.4. The molecule has 0 aliphatic heterocycles. The highest BCUT2D eigenvalue weighted by molar-refractivity contribution is 5.57. The Morgan fingerprint density at radius 2 is 0.605 bits per heavy atom. The van der Waals surface area contributed by atoms with Gasteiger partial charge in [-0.05, 0) is 107 Å². The van der Waals surface area contributed by atoms with Gasteiger partial charge in [0.15, 0.2) is 0 Å². The monoisotopic (exact) mass is 504 g/mol. The largest absolute Gasteiger partial charge is 0.508 e. The third kappa shape index (κ3) is 5.00. The molecular weight excluding hydrogens is 476 g/mol. The van der Waals surface area contributed by atoms with Crippen molar-refractivity contribution in [2.75, 3.05) is 0 Å². The van der Waals surface area contributed by atoms with E-state index in [9.17, 15) is 25.5 Å². The molecule has 0 heterocycles. The van der Waals surface area contributed by atoms with Crippen LogP contribution in [0.5, 0.6) is 28.7 Å². The molecule has 0 spiro atoms. The molecule has 0 fully saturated rings. The minimum Gasteiger partial charge on any atom is -0.508 e. The first-order valence-corrected chi connectivity index (χ1v) is 12.3. The second-order valence-corrected chi connectivity index (χ2v) is 9.48. The zero-order valence-electron chi connectivity index (χ0n) is 20.8. The zero-order valence-corrected chi connectivity index (χ0v) is 20.8. The molecular formula is C33H28O5. The summed E-state index contributed by atoms with van der Waals surface area (Å²) in [6.45, 7) is 2.02. The molecule has 5 nitrogen and oxygen atoms in total. The Kier molecular flexibility index (Phi) is 6.67. The van der Waals surface area contributed by atoms with Gasteiger partial charge in [0.05, 0.1) is 0 Å². The van der Waals surface area contributed by atoms with Gasteiger partial charge in [0.25, 0.3) is 0 Å². The van der Waals surface area contributed by atoms with E-state index in [2.05, 4.69) is 0 Å². The quantitative estimate of drug-likeness (QED) is 0.162. The van der Waals surface area contributed by atoms with Gasteiger partial charge >= 0.3 is 0 Å². The first kappa shape index (κ1) is 24.8. The molecule has 5 aromatic rings. The predicted octanol–water partition coefficient (Wildman–Crippen LogP) is 6.88. The molecule has 0 saturated carbocycles. The molecule has 0 amide bonds. The topological polar surface area (TPSA) is 101 Å². The molecule has 0 bridgehead atoms. The van der Waals surface area contributed by atoms with Crippen LogP contribution in [-0.2, 0) is 0 Å². The average Bonchev–Trinajstić information content (AvgIpc) is 2.91. The van der Waals surface area contributed by atoms with Crippen molar-refractivity contribution in [1.82, 2.24) is 0 Å². The minimum atomic E-state index is -0.290. The van der Waals surface area contributed by atoms with Crippen LogP contribution in [0, 0.1) is 6.92 Å². The zero-order chi connectivity index (χ0) is 26.8. The van der Waals surface area contributed by atoms with Crippen LogP contribution in [-0.4, -0.2) is 25.5 Å². The molecule has 5 aromatic carbocycles. The Morgan fingerprint density at radius 1 is 0.368 bits per heavy atom. The second-order valence-electron chi connectivity index (χ2n) is 9.48. The summed E-state index contributed by atoms with van der Waals surface area (Å²) >= 11 is 0. The predicted molar refractivity (Wildman–Crippen MR) is 147 cm³/mol. The van der Waals surface area contributed by atoms with E-state index in [0.29, 0.717) is 0 Å². The molecule has 0 aliphatic rings. The van der Waals surface area contributed by atoms with Gasteiger partial charge in [-0.2, -0.15) is 0 Å². The van der Waals surface area contributed by atoms with E-state index in [1.807, 2.05) is 55.5 Å². The Morgan fingerprint density at radius 3 is 0.842 bits per heavy atom. The molecule has 190 valence electrons. The normalized spacial score (nSPS) is 11.2. The van der Waals surface area contributed by atoms with Crippen molar-refractivity contribution in [2.45, 2.75) is 18.8 Å². The molecule has 0 atom stereocenters. The standard InChI is InChI=1S/C33H28O5/c1-20-30(32(21-2-10-25(34)11-3-21)22-4-12-26(35)13-5-22)18-29(38)19-31(20)33(23-6-14-27(36)15-7-23)24-8-16-28(37)17-9-24/h2-19,32-38H,1H3. The molecule has 0 saturated heterocycles. The summed E-state index contributed by atoms with van der Waals surface area (Å²) in [5.74, 6) is 0.158. The number of phenols is 5. The van der Waals surface area contributed by atoms with Crippen molar-refractivity contribution in [3.05, 3.63) is 148 Å². The van der Waals surface area contributed by atoms with Crippen LogP contribution in [0.25, 0.3) is 0 Å². The summed E-state index contributed by atoms with van der Waals surface area (Å²) in [4.78, 5) is 0. The van der Waals surface area contributed by atoms with E-state index < -0.39 is 0 Å². The van der Waals surface area contributed by atoms with Gasteiger partial charge < -0.3 is 25.5 Å². The van der Waals surface area contributed by atoms with E-state index >= 15 is 0 Å². The summed E-state index contributed by atoms with van der Waals surface area (Å²) in [5.41, 5.74) is 6.37. The van der Waals surface area contributed by atoms with Crippen LogP contribution in [0.3, 0.4) is 0 Å². The fourth-order valence-corrected chi connectivity index (χ4v) is 5.11. The van der Waals surface area contributed by atoms with Gasteiger partial charge in [-0.25, -0.2) is 0 Å². The molecule has 0 radical (unpaired) electrons. The van der Waals surface area contributed by atoms with E-state index in [0.717, 1.165) is 38.9 Å². The van der Waals surface area contributed by atoms with Crippen molar-refractivity contribution >= 4 is 0 Å². The first-order valence-electron chi connectivity index (χ1n) is 12.3. The Labute approximate surface area is 221 Å². The number of rotatable bonds is 6. The Balaban J connectivity index is 1.74. The van der Waals surface area contributed by atoms with Gasteiger partial charge in [-0.15, -0.1) is 0 Å². The number of benzene rings is 5. The van der Waals surface area contributed by atoms with Gasteiger partial charge in [-0.3, -0.25) is 0 Å². The summed E-state index contributed by atoms with van der Waals surface area (Å²) in [5, 5.41) is 50.7. The highest BCUT2D eigenvalue weighted by atomic mass is 16.3. The van der Waals surface area contributed by atoms with Crippen LogP contribution in [0.1, 0.15) is 50.8 Å². The van der Waals surface area contributed by atoms with Crippen molar-refractivity contribution < 1.29 is 25.5 Å². The smallest absolute Gasteiger partial charge is 0.116 e. The molecule has 0 aliphatic carbocycles. The summed E-state index contributed by atoms with van der Waals surface area (Å²) in [6.07, 6.45) is 0. The molecule has 5 heteroatoms. The summed E-state index contributed by atoms with van der Waals surface area (Å²) < 4.78 is 0. The van der Waals surface area contributed by atoms with Gasteiger partial charge in [0, 0.05) is 11.8 Å². The maximum absolute atomic E-state index is 11.0. The second kappa shape index (κ2) is 10.2. The average molecular weight is 505 g/mol. The maximum atomic E-state index is 11.0. The lowest BCUT2D eigenvalue weighted by atomic mass is 9.77. The van der Waals surface area contributed by atoms with E-state index in [-0.39, 0.29) is 40.6 Å². The highest BCUT2D eigenvalue weighted by Crippen LogP contribution is 2.43. The number of hydrogen-bond donors (Lipinski definition) is 5. The summed E-state index contributed by atoms with van der Waals surface area (Å²) in [7, 11) is 0. The maximum Gasteiger partial charge on any atom is 0.116 e. The van der Waals surface area contributed by atoms with Crippen molar-refractivity contribution in [1.29, 1.82) is 0 Å². The molecule has 0 aromatic heterocycles. The van der Waals surface area contributed by atoms with E-state index in [4.69, 9.17) is 0 Å². The van der Waals surface area contributed by atoms with Gasteiger partial charge in [-0.1, -0.05) is 48.5 Å². The first-order chi connectivity index (χ1) is 18.3. The van der Waals surface area contributed by atoms with Crippen LogP contribution >= 0.6 is 0 Å². The van der Waals surface area contributed by atoms with Gasteiger partial charge in [0.1, 0.15) is 28.7 Å². The minimum absolute atomic E-state index is 0.103. The molecule has 0 unspecified atom stereocenters. The molecule has 38 heavy (non-hydrogen) atoms. The molecule has 5 rings (SSSR count). The number of phenolic OH excluding ortho intramolecular Hbond substituents is 5. The fourth-order valence-electron chi connectivity index (χ4n) is 5.11. The van der Waals surface area contributed by atoms with Crippen LogP contribution < -0.4 is 0 Å². The Hall–Kier alpha value is -4.90. The molecule has 5 N–H and O–H groups in total. The van der Waals surface area contributed by atoms with Gasteiger partial charge in [0.2, 0.25) is 0 Å². The Bertz CT molecular complexity index is 1330. The highest BCUT2D eigenvalue weighted by Gasteiger charge is 2.26. The third-order valence-corrected chi connectivity index (χ3v) is 7.00. The van der Waals surface area contributed by atoms with E-state index in [1.54, 1.807) is 60.7 Å². The number of hydrogen-bond acceptors (Lipinski definition) is 5. The lowest BCUT2D eigenvalue weighted by Crippen LogP contribution is -2.11. The van der Waals surface area contributed by atoms with E-state index in [1.165, 1.54) is 0 Å². The SMILES string of the molecule is Cc1c(C(c2ccc(O)cc2)c2ccc(O)cc2)cc(O)cc1C(c1ccc(O)cc1)c1ccc(O)cc1. The van der Waals surface area contributed by atoms with Crippen LogP contribution in [0.15, 0.2) is 109 Å². The lowest BCUT2D eigenvalue weighted by molar-refractivity contribution is 0.471. The van der Waals surface area contributed by atoms with Crippen LogP contribution in [0.2, 0.25) is 0 Å². The van der Waals surface area contributed by atoms with Crippen molar-refractivity contribution in [3.8, 4) is 28.7 Å². The number of aromatic hydroxyl groups is 5. The van der Waals surface area contributed by atoms with Crippen molar-refractivity contribution in [2.24, 2.45) is 0 Å². The lowest BCUT2D eigenvalue weighted by Gasteiger charge is -2.27. The fraction of sp³-hybridized carbons (Fsp3) is 0.0909. The third-order valence-electron chi connectivity index (χ3n) is 7.00.